The van der Waals surface area contributed by atoms with E-state index in [-0.39, 0.29) is 0 Å². The van der Waals surface area contributed by atoms with Crippen LogP contribution >= 0.6 is 0 Å². The Bertz CT molecular complexity index is 165. The van der Waals surface area contributed by atoms with E-state index in [1.54, 1.807) is 0 Å². The van der Waals surface area contributed by atoms with Crippen molar-refractivity contribution in [3.05, 3.63) is 0 Å². The summed E-state index contributed by atoms with van der Waals surface area (Å²) in [5.74, 6) is 0. The van der Waals surface area contributed by atoms with Crippen LogP contribution in [0.25, 0.3) is 0 Å². The quantitative estimate of drug-likeness (QED) is 0.466. The van der Waals surface area contributed by atoms with Crippen molar-refractivity contribution in [2.24, 2.45) is 0 Å². The molecule has 0 rings (SSSR count). The van der Waals surface area contributed by atoms with Gasteiger partial charge in [0.1, 0.15) is 0 Å². The van der Waals surface area contributed by atoms with Crippen LogP contribution in [0.4, 0.5) is 0 Å². The first-order valence-corrected chi connectivity index (χ1v) is 7.74. The fourth-order valence-electron chi connectivity index (χ4n) is 1.51. The molecule has 0 unspecified atom stereocenters. The minimum Gasteiger partial charge on any atom is -0.379 e. The van der Waals surface area contributed by atoms with Gasteiger partial charge < -0.3 is 19.5 Å². The maximum absolute atomic E-state index is 5.49. The van der Waals surface area contributed by atoms with Gasteiger partial charge in [-0.2, -0.15) is 0 Å². The molecule has 0 aromatic rings. The van der Waals surface area contributed by atoms with E-state index in [2.05, 4.69) is 26.1 Å². The normalized spacial score (nSPS) is 11.4. The second kappa shape index (κ2) is 15.9. The first-order valence-electron chi connectivity index (χ1n) is 7.74. The Kier molecular flexibility index (Phi) is 15.8. The summed E-state index contributed by atoms with van der Waals surface area (Å²) in [7, 11) is 0. The molecule has 0 spiro atoms. The van der Waals surface area contributed by atoms with Crippen LogP contribution in [0.1, 0.15) is 46.5 Å². The maximum atomic E-state index is 5.49. The van der Waals surface area contributed by atoms with E-state index in [0.717, 1.165) is 32.6 Å². The van der Waals surface area contributed by atoms with E-state index in [1.165, 1.54) is 12.8 Å². The first-order chi connectivity index (χ1) is 9.27. The molecule has 0 radical (unpaired) electrons. The van der Waals surface area contributed by atoms with Gasteiger partial charge in [0.2, 0.25) is 0 Å². The molecule has 0 aliphatic rings. The minimum atomic E-state index is 0.578. The molecule has 0 aromatic heterocycles. The van der Waals surface area contributed by atoms with Crippen molar-refractivity contribution in [2.45, 2.75) is 52.5 Å². The molecule has 0 heterocycles. The zero-order valence-electron chi connectivity index (χ0n) is 13.1. The third-order valence-corrected chi connectivity index (χ3v) is 2.65. The number of nitrogens with one attached hydrogen (secondary N) is 1. The minimum absolute atomic E-state index is 0.578. The summed E-state index contributed by atoms with van der Waals surface area (Å²) < 4.78 is 16.3. The van der Waals surface area contributed by atoms with Gasteiger partial charge >= 0.3 is 0 Å². The Morgan fingerprint density at radius 3 is 1.79 bits per heavy atom. The molecule has 0 saturated carbocycles. The Labute approximate surface area is 119 Å². The van der Waals surface area contributed by atoms with E-state index >= 15 is 0 Å². The zero-order valence-corrected chi connectivity index (χ0v) is 13.1. The SMILES string of the molecule is CCCCOCCOCCOCCCCNC(C)C. The number of hydrogen-bond acceptors (Lipinski definition) is 4. The van der Waals surface area contributed by atoms with Crippen molar-refractivity contribution in [3.8, 4) is 0 Å². The van der Waals surface area contributed by atoms with Gasteiger partial charge in [0.25, 0.3) is 0 Å². The average molecular weight is 275 g/mol. The third kappa shape index (κ3) is 17.8. The van der Waals surface area contributed by atoms with E-state index in [4.69, 9.17) is 14.2 Å². The average Bonchev–Trinajstić information content (AvgIpc) is 2.39. The molecule has 19 heavy (non-hydrogen) atoms. The lowest BCUT2D eigenvalue weighted by molar-refractivity contribution is 0.0135. The third-order valence-electron chi connectivity index (χ3n) is 2.65. The smallest absolute Gasteiger partial charge is 0.0701 e. The zero-order chi connectivity index (χ0) is 14.2. The van der Waals surface area contributed by atoms with Gasteiger partial charge in [0.15, 0.2) is 0 Å². The summed E-state index contributed by atoms with van der Waals surface area (Å²) in [4.78, 5) is 0. The first kappa shape index (κ1) is 18.8. The van der Waals surface area contributed by atoms with Crippen LogP contribution in [0.5, 0.6) is 0 Å². The molecule has 0 amide bonds. The number of rotatable bonds is 15. The Hall–Kier alpha value is -0.160. The van der Waals surface area contributed by atoms with Gasteiger partial charge in [-0.15, -0.1) is 0 Å². The van der Waals surface area contributed by atoms with Gasteiger partial charge in [0, 0.05) is 19.3 Å². The predicted octanol–water partition coefficient (Wildman–Crippen LogP) is 2.61. The van der Waals surface area contributed by atoms with Gasteiger partial charge in [-0.05, 0) is 25.8 Å². The molecule has 4 nitrogen and oxygen atoms in total. The molecule has 1 N–H and O–H groups in total. The van der Waals surface area contributed by atoms with Crippen LogP contribution in [0.2, 0.25) is 0 Å². The Balaban J connectivity index is 2.91. The van der Waals surface area contributed by atoms with Crippen LogP contribution in [0.3, 0.4) is 0 Å². The summed E-state index contributed by atoms with van der Waals surface area (Å²) in [6.07, 6.45) is 4.60. The van der Waals surface area contributed by atoms with Gasteiger partial charge in [-0.25, -0.2) is 0 Å². The highest BCUT2D eigenvalue weighted by atomic mass is 16.5. The van der Waals surface area contributed by atoms with Gasteiger partial charge in [-0.3, -0.25) is 0 Å². The molecule has 116 valence electrons. The molecule has 0 saturated heterocycles. The van der Waals surface area contributed by atoms with Crippen molar-refractivity contribution < 1.29 is 14.2 Å². The lowest BCUT2D eigenvalue weighted by Crippen LogP contribution is -2.23. The fraction of sp³-hybridized carbons (Fsp3) is 1.00. The van der Waals surface area contributed by atoms with Gasteiger partial charge in [-0.1, -0.05) is 27.2 Å². The molecule has 0 fully saturated rings. The maximum Gasteiger partial charge on any atom is 0.0701 e. The van der Waals surface area contributed by atoms with Crippen molar-refractivity contribution in [1.29, 1.82) is 0 Å². The topological polar surface area (TPSA) is 39.7 Å². The summed E-state index contributed by atoms with van der Waals surface area (Å²) in [6.45, 7) is 12.0. The van der Waals surface area contributed by atoms with Crippen LogP contribution in [0.15, 0.2) is 0 Å². The standard InChI is InChI=1S/C15H33NO3/c1-4-5-9-17-11-13-19-14-12-18-10-7-6-8-16-15(2)3/h15-16H,4-14H2,1-3H3. The van der Waals surface area contributed by atoms with Crippen LogP contribution in [0, 0.1) is 0 Å². The van der Waals surface area contributed by atoms with Crippen LogP contribution < -0.4 is 5.32 Å². The second-order valence-corrected chi connectivity index (χ2v) is 5.01. The van der Waals surface area contributed by atoms with Crippen molar-refractivity contribution in [3.63, 3.8) is 0 Å². The molecular formula is C15H33NO3. The molecule has 0 aliphatic carbocycles. The summed E-state index contributed by atoms with van der Waals surface area (Å²) in [5, 5.41) is 3.39. The van der Waals surface area contributed by atoms with E-state index in [1.807, 2.05) is 0 Å². The number of unbranched alkanes of at least 4 members (excludes halogenated alkanes) is 2. The molecule has 0 atom stereocenters. The van der Waals surface area contributed by atoms with Crippen molar-refractivity contribution in [1.82, 2.24) is 5.32 Å². The largest absolute Gasteiger partial charge is 0.379 e. The second-order valence-electron chi connectivity index (χ2n) is 5.01. The fourth-order valence-corrected chi connectivity index (χ4v) is 1.51. The van der Waals surface area contributed by atoms with E-state index < -0.39 is 0 Å². The van der Waals surface area contributed by atoms with E-state index in [9.17, 15) is 0 Å². The predicted molar refractivity (Wildman–Crippen MR) is 79.7 cm³/mol. The lowest BCUT2D eigenvalue weighted by atomic mass is 10.3. The molecular weight excluding hydrogens is 242 g/mol. The number of hydrogen-bond donors (Lipinski definition) is 1. The summed E-state index contributed by atoms with van der Waals surface area (Å²) in [5.41, 5.74) is 0. The Morgan fingerprint density at radius 2 is 1.26 bits per heavy atom. The highest BCUT2D eigenvalue weighted by Gasteiger charge is 1.94. The molecule has 0 aromatic carbocycles. The van der Waals surface area contributed by atoms with Crippen molar-refractivity contribution in [2.75, 3.05) is 46.2 Å². The van der Waals surface area contributed by atoms with Crippen LogP contribution in [-0.4, -0.2) is 52.2 Å². The summed E-state index contributed by atoms with van der Waals surface area (Å²) in [6, 6.07) is 0.578. The molecule has 0 aliphatic heterocycles. The van der Waals surface area contributed by atoms with Gasteiger partial charge in [0.05, 0.1) is 26.4 Å². The highest BCUT2D eigenvalue weighted by Crippen LogP contribution is 1.91. The molecule has 0 bridgehead atoms. The van der Waals surface area contributed by atoms with Crippen LogP contribution in [-0.2, 0) is 14.2 Å². The number of ether oxygens (including phenoxy) is 3. The highest BCUT2D eigenvalue weighted by molar-refractivity contribution is 4.52. The lowest BCUT2D eigenvalue weighted by Gasteiger charge is -2.08. The monoisotopic (exact) mass is 275 g/mol. The Morgan fingerprint density at radius 1 is 0.737 bits per heavy atom. The molecule has 4 heteroatoms. The van der Waals surface area contributed by atoms with Crippen molar-refractivity contribution >= 4 is 0 Å². The van der Waals surface area contributed by atoms with E-state index in [0.29, 0.717) is 32.5 Å². The summed E-state index contributed by atoms with van der Waals surface area (Å²) >= 11 is 0.